The van der Waals surface area contributed by atoms with E-state index in [0.29, 0.717) is 19.2 Å². The molecule has 1 aromatic carbocycles. The largest absolute Gasteiger partial charge is 0.493 e. The summed E-state index contributed by atoms with van der Waals surface area (Å²) in [6.45, 7) is 6.80. The van der Waals surface area contributed by atoms with Gasteiger partial charge in [0.25, 0.3) is 0 Å². The second kappa shape index (κ2) is 7.66. The summed E-state index contributed by atoms with van der Waals surface area (Å²) in [5.74, 6) is 0.866. The van der Waals surface area contributed by atoms with Crippen LogP contribution < -0.4 is 15.4 Å². The second-order valence-corrected chi connectivity index (χ2v) is 6.08. The Morgan fingerprint density at radius 3 is 2.91 bits per heavy atom. The minimum atomic E-state index is -0.119. The molecular formula is C17H25N3O3. The normalized spacial score (nSPS) is 22.6. The number of benzene rings is 1. The molecule has 2 amide bonds. The first-order chi connectivity index (χ1) is 11.2. The predicted molar refractivity (Wildman–Crippen MR) is 87.7 cm³/mol. The van der Waals surface area contributed by atoms with Crippen molar-refractivity contribution in [3.63, 3.8) is 0 Å². The van der Waals surface area contributed by atoms with Gasteiger partial charge in [0, 0.05) is 37.7 Å². The number of ether oxygens (including phenoxy) is 2. The maximum atomic E-state index is 12.2. The van der Waals surface area contributed by atoms with Crippen LogP contribution in [0.15, 0.2) is 24.3 Å². The number of morpholine rings is 1. The van der Waals surface area contributed by atoms with Crippen molar-refractivity contribution in [3.8, 4) is 5.75 Å². The molecule has 0 saturated carbocycles. The van der Waals surface area contributed by atoms with Gasteiger partial charge in [-0.25, -0.2) is 4.79 Å². The Balaban J connectivity index is 1.48. The predicted octanol–water partition coefficient (Wildman–Crippen LogP) is 1.53. The van der Waals surface area contributed by atoms with Gasteiger partial charge in [-0.2, -0.15) is 0 Å². The third-order valence-corrected chi connectivity index (χ3v) is 4.49. The Morgan fingerprint density at radius 1 is 1.30 bits per heavy atom. The van der Waals surface area contributed by atoms with Crippen molar-refractivity contribution in [2.45, 2.75) is 25.4 Å². The van der Waals surface area contributed by atoms with Gasteiger partial charge in [-0.15, -0.1) is 0 Å². The molecule has 23 heavy (non-hydrogen) atoms. The molecule has 1 fully saturated rings. The molecule has 1 aromatic rings. The highest BCUT2D eigenvalue weighted by atomic mass is 16.5. The minimum Gasteiger partial charge on any atom is -0.493 e. The number of rotatable bonds is 4. The summed E-state index contributed by atoms with van der Waals surface area (Å²) < 4.78 is 11.0. The molecule has 1 saturated heterocycles. The third kappa shape index (κ3) is 4.14. The van der Waals surface area contributed by atoms with E-state index in [9.17, 15) is 4.79 Å². The fourth-order valence-electron chi connectivity index (χ4n) is 3.09. The summed E-state index contributed by atoms with van der Waals surface area (Å²) in [5.41, 5.74) is 1.05. The van der Waals surface area contributed by atoms with Crippen LogP contribution in [-0.4, -0.2) is 56.4 Å². The van der Waals surface area contributed by atoms with Crippen LogP contribution in [0, 0.1) is 0 Å². The van der Waals surface area contributed by atoms with Crippen LogP contribution in [-0.2, 0) is 4.74 Å². The fraction of sp³-hybridized carbons (Fsp3) is 0.588. The first-order valence-electron chi connectivity index (χ1n) is 8.32. The molecule has 126 valence electrons. The first kappa shape index (κ1) is 16.1. The van der Waals surface area contributed by atoms with E-state index in [1.54, 1.807) is 0 Å². The van der Waals surface area contributed by atoms with Crippen LogP contribution >= 0.6 is 0 Å². The van der Waals surface area contributed by atoms with Crippen LogP contribution in [0.25, 0.3) is 0 Å². The average molecular weight is 319 g/mol. The van der Waals surface area contributed by atoms with Gasteiger partial charge in [-0.05, 0) is 13.0 Å². The summed E-state index contributed by atoms with van der Waals surface area (Å²) in [5, 5.41) is 6.04. The standard InChI is InChI=1S/C17H25N3O3/c1-13(20-7-10-22-11-8-20)12-18-17(21)19-15-6-9-23-16-5-3-2-4-14(15)16/h2-5,13,15H,6-12H2,1H3,(H2,18,19,21). The van der Waals surface area contributed by atoms with Gasteiger partial charge in [0.1, 0.15) is 5.75 Å². The summed E-state index contributed by atoms with van der Waals surface area (Å²) in [7, 11) is 0. The van der Waals surface area contributed by atoms with Crippen LogP contribution in [0.2, 0.25) is 0 Å². The topological polar surface area (TPSA) is 62.8 Å². The average Bonchev–Trinajstić information content (AvgIpc) is 2.61. The molecule has 3 rings (SSSR count). The van der Waals surface area contributed by atoms with E-state index in [1.165, 1.54) is 0 Å². The lowest BCUT2D eigenvalue weighted by Gasteiger charge is -2.32. The minimum absolute atomic E-state index is 0.0126. The Kier molecular flexibility index (Phi) is 5.35. The van der Waals surface area contributed by atoms with Crippen molar-refractivity contribution < 1.29 is 14.3 Å². The molecule has 2 aliphatic rings. The first-order valence-corrected chi connectivity index (χ1v) is 8.32. The highest BCUT2D eigenvalue weighted by Gasteiger charge is 2.23. The van der Waals surface area contributed by atoms with E-state index in [2.05, 4.69) is 22.5 Å². The van der Waals surface area contributed by atoms with Gasteiger partial charge in [0.2, 0.25) is 0 Å². The van der Waals surface area contributed by atoms with Crippen LogP contribution in [0.3, 0.4) is 0 Å². The molecule has 0 bridgehead atoms. The summed E-state index contributed by atoms with van der Waals surface area (Å²) in [6.07, 6.45) is 0.795. The molecule has 0 aliphatic carbocycles. The molecule has 2 heterocycles. The fourth-order valence-corrected chi connectivity index (χ4v) is 3.09. The Labute approximate surface area is 137 Å². The molecule has 6 nitrogen and oxygen atoms in total. The lowest BCUT2D eigenvalue weighted by Crippen LogP contribution is -2.49. The van der Waals surface area contributed by atoms with Gasteiger partial charge in [0.15, 0.2) is 0 Å². The molecule has 0 radical (unpaired) electrons. The molecule has 2 N–H and O–H groups in total. The number of hydrogen-bond acceptors (Lipinski definition) is 4. The van der Waals surface area contributed by atoms with Crippen molar-refractivity contribution in [3.05, 3.63) is 29.8 Å². The van der Waals surface area contributed by atoms with E-state index in [1.807, 2.05) is 24.3 Å². The lowest BCUT2D eigenvalue weighted by molar-refractivity contribution is 0.0209. The molecule has 2 unspecified atom stereocenters. The number of fused-ring (bicyclic) bond motifs is 1. The van der Waals surface area contributed by atoms with Crippen molar-refractivity contribution in [1.29, 1.82) is 0 Å². The Morgan fingerprint density at radius 2 is 2.09 bits per heavy atom. The highest BCUT2D eigenvalue weighted by molar-refractivity contribution is 5.74. The van der Waals surface area contributed by atoms with Gasteiger partial charge in [-0.1, -0.05) is 18.2 Å². The molecule has 2 atom stereocenters. The molecule has 6 heteroatoms. The number of urea groups is 1. The number of para-hydroxylation sites is 1. The molecular weight excluding hydrogens is 294 g/mol. The number of nitrogens with zero attached hydrogens (tertiary/aromatic N) is 1. The van der Waals surface area contributed by atoms with Crippen molar-refractivity contribution >= 4 is 6.03 Å². The van der Waals surface area contributed by atoms with Crippen molar-refractivity contribution in [1.82, 2.24) is 15.5 Å². The number of carbonyl (C=O) groups is 1. The van der Waals surface area contributed by atoms with E-state index >= 15 is 0 Å². The SMILES string of the molecule is CC(CNC(=O)NC1CCOc2ccccc21)N1CCOCC1. The monoisotopic (exact) mass is 319 g/mol. The highest BCUT2D eigenvalue weighted by Crippen LogP contribution is 2.31. The summed E-state index contributed by atoms with van der Waals surface area (Å²) >= 11 is 0. The second-order valence-electron chi connectivity index (χ2n) is 6.08. The molecule has 0 aromatic heterocycles. The zero-order chi connectivity index (χ0) is 16.1. The van der Waals surface area contributed by atoms with E-state index in [-0.39, 0.29) is 12.1 Å². The van der Waals surface area contributed by atoms with Gasteiger partial charge in [-0.3, -0.25) is 4.90 Å². The molecule has 0 spiro atoms. The van der Waals surface area contributed by atoms with Crippen LogP contribution in [0.4, 0.5) is 4.79 Å². The third-order valence-electron chi connectivity index (χ3n) is 4.49. The van der Waals surface area contributed by atoms with Crippen molar-refractivity contribution in [2.75, 3.05) is 39.5 Å². The maximum absolute atomic E-state index is 12.2. The number of nitrogens with one attached hydrogen (secondary N) is 2. The number of amides is 2. The molecule has 2 aliphatic heterocycles. The Bertz CT molecular complexity index is 532. The lowest BCUT2D eigenvalue weighted by atomic mass is 10.0. The van der Waals surface area contributed by atoms with Gasteiger partial charge >= 0.3 is 6.03 Å². The summed E-state index contributed by atoms with van der Waals surface area (Å²) in [4.78, 5) is 14.5. The van der Waals surface area contributed by atoms with E-state index < -0.39 is 0 Å². The van der Waals surface area contributed by atoms with Gasteiger partial charge in [0.05, 0.1) is 25.9 Å². The van der Waals surface area contributed by atoms with Crippen molar-refractivity contribution in [2.24, 2.45) is 0 Å². The number of carbonyl (C=O) groups excluding carboxylic acids is 1. The quantitative estimate of drug-likeness (QED) is 0.883. The maximum Gasteiger partial charge on any atom is 0.315 e. The van der Waals surface area contributed by atoms with Crippen LogP contribution in [0.5, 0.6) is 5.75 Å². The van der Waals surface area contributed by atoms with E-state index in [0.717, 1.165) is 44.0 Å². The van der Waals surface area contributed by atoms with Crippen LogP contribution in [0.1, 0.15) is 24.9 Å². The van der Waals surface area contributed by atoms with Gasteiger partial charge < -0.3 is 20.1 Å². The Hall–Kier alpha value is -1.79. The van der Waals surface area contributed by atoms with E-state index in [4.69, 9.17) is 9.47 Å². The summed E-state index contributed by atoms with van der Waals surface area (Å²) in [6, 6.07) is 8.08. The number of hydrogen-bond donors (Lipinski definition) is 2. The zero-order valence-electron chi connectivity index (χ0n) is 13.6. The smallest absolute Gasteiger partial charge is 0.315 e. The zero-order valence-corrected chi connectivity index (χ0v) is 13.6.